The smallest absolute Gasteiger partial charge is 0.262 e. The van der Waals surface area contributed by atoms with Gasteiger partial charge in [0.05, 0.1) is 50.8 Å². The number of nitrogens with one attached hydrogen (secondary N) is 1. The molecular formula is C18H26N2O6. The molecule has 1 aromatic rings. The molecule has 1 atom stereocenters. The summed E-state index contributed by atoms with van der Waals surface area (Å²) in [5.41, 5.74) is 3.53. The second kappa shape index (κ2) is 11.0. The predicted molar refractivity (Wildman–Crippen MR) is 93.6 cm³/mol. The summed E-state index contributed by atoms with van der Waals surface area (Å²) in [4.78, 5) is 31.1. The molecule has 1 unspecified atom stereocenters. The molecule has 1 aromatic carbocycles. The van der Waals surface area contributed by atoms with E-state index in [1.165, 1.54) is 0 Å². The summed E-state index contributed by atoms with van der Waals surface area (Å²) in [6.07, 6.45) is -0.579. The number of hydrogen-bond donors (Lipinski definition) is 1. The van der Waals surface area contributed by atoms with Crippen molar-refractivity contribution in [3.63, 3.8) is 0 Å². The van der Waals surface area contributed by atoms with Crippen LogP contribution >= 0.6 is 0 Å². The Labute approximate surface area is 153 Å². The number of nitrogens with zero attached hydrogens (tertiary/aromatic N) is 1. The molecule has 0 bridgehead atoms. The van der Waals surface area contributed by atoms with Crippen molar-refractivity contribution >= 4 is 11.8 Å². The lowest BCUT2D eigenvalue weighted by molar-refractivity contribution is -0.0480. The van der Waals surface area contributed by atoms with Crippen LogP contribution in [0.5, 0.6) is 0 Å². The maximum absolute atomic E-state index is 12.3. The Bertz CT molecular complexity index is 560. The van der Waals surface area contributed by atoms with Gasteiger partial charge in [0.15, 0.2) is 0 Å². The molecule has 0 saturated heterocycles. The van der Waals surface area contributed by atoms with Crippen molar-refractivity contribution in [3.8, 4) is 0 Å². The van der Waals surface area contributed by atoms with E-state index in [0.717, 1.165) is 4.90 Å². The van der Waals surface area contributed by atoms with Gasteiger partial charge >= 0.3 is 0 Å². The molecule has 1 heterocycles. The van der Waals surface area contributed by atoms with Gasteiger partial charge in [-0.15, -0.1) is 0 Å². The standard InChI is InChI=1S/C18H26N2O6/c1-3-23-8-9-24-10-11-25-12-13-26-19-14(2)20-17(21)15-6-4-5-7-16(15)18(20)22/h4-7,14,19H,3,8-13H2,1-2H3. The normalized spacial score (nSPS) is 14.8. The lowest BCUT2D eigenvalue weighted by Gasteiger charge is -2.23. The topological polar surface area (TPSA) is 86.3 Å². The molecular weight excluding hydrogens is 340 g/mol. The summed E-state index contributed by atoms with van der Waals surface area (Å²) in [6, 6.07) is 6.76. The van der Waals surface area contributed by atoms with E-state index in [0.29, 0.717) is 50.8 Å². The number of benzene rings is 1. The van der Waals surface area contributed by atoms with Gasteiger partial charge < -0.3 is 14.2 Å². The van der Waals surface area contributed by atoms with E-state index in [-0.39, 0.29) is 18.4 Å². The Morgan fingerprint density at radius 2 is 1.38 bits per heavy atom. The molecule has 0 fully saturated rings. The first-order chi connectivity index (χ1) is 12.7. The fraction of sp³-hybridized carbons (Fsp3) is 0.556. The van der Waals surface area contributed by atoms with Crippen LogP contribution in [0.1, 0.15) is 34.6 Å². The van der Waals surface area contributed by atoms with Crippen molar-refractivity contribution in [2.45, 2.75) is 20.0 Å². The predicted octanol–water partition coefficient (Wildman–Crippen LogP) is 1.22. The van der Waals surface area contributed by atoms with E-state index in [9.17, 15) is 9.59 Å². The molecule has 0 saturated carbocycles. The van der Waals surface area contributed by atoms with Gasteiger partial charge in [0.1, 0.15) is 6.17 Å². The van der Waals surface area contributed by atoms with Gasteiger partial charge in [0, 0.05) is 6.61 Å². The Morgan fingerprint density at radius 1 is 0.885 bits per heavy atom. The van der Waals surface area contributed by atoms with Crippen LogP contribution in [0.2, 0.25) is 0 Å². The molecule has 2 rings (SSSR count). The van der Waals surface area contributed by atoms with Crippen LogP contribution in [0.3, 0.4) is 0 Å². The minimum absolute atomic E-state index is 0.284. The van der Waals surface area contributed by atoms with E-state index in [4.69, 9.17) is 19.0 Å². The van der Waals surface area contributed by atoms with Crippen molar-refractivity contribution in [3.05, 3.63) is 35.4 Å². The summed E-state index contributed by atoms with van der Waals surface area (Å²) in [6.45, 7) is 7.05. The average molecular weight is 366 g/mol. The largest absolute Gasteiger partial charge is 0.379 e. The highest BCUT2D eigenvalue weighted by atomic mass is 16.7. The number of amides is 2. The van der Waals surface area contributed by atoms with Gasteiger partial charge in [-0.05, 0) is 26.0 Å². The second-order valence-electron chi connectivity index (χ2n) is 5.59. The van der Waals surface area contributed by atoms with Crippen LogP contribution < -0.4 is 5.48 Å². The first kappa shape index (κ1) is 20.5. The van der Waals surface area contributed by atoms with Gasteiger partial charge in [-0.2, -0.15) is 5.48 Å². The third-order valence-corrected chi connectivity index (χ3v) is 3.74. The van der Waals surface area contributed by atoms with Crippen molar-refractivity contribution in [2.24, 2.45) is 0 Å². The number of fused-ring (bicyclic) bond motifs is 1. The molecule has 1 aliphatic heterocycles. The molecule has 0 aliphatic carbocycles. The maximum Gasteiger partial charge on any atom is 0.262 e. The monoisotopic (exact) mass is 366 g/mol. The first-order valence-corrected chi connectivity index (χ1v) is 8.74. The second-order valence-corrected chi connectivity index (χ2v) is 5.59. The van der Waals surface area contributed by atoms with Crippen molar-refractivity contribution in [2.75, 3.05) is 46.2 Å². The number of hydroxylamine groups is 1. The zero-order valence-corrected chi connectivity index (χ0v) is 15.2. The van der Waals surface area contributed by atoms with E-state index < -0.39 is 6.17 Å². The minimum Gasteiger partial charge on any atom is -0.379 e. The summed E-state index contributed by atoms with van der Waals surface area (Å²) < 4.78 is 15.8. The fourth-order valence-corrected chi connectivity index (χ4v) is 2.48. The van der Waals surface area contributed by atoms with E-state index in [1.54, 1.807) is 31.2 Å². The average Bonchev–Trinajstić information content (AvgIpc) is 2.91. The number of carbonyl (C=O) groups excluding carboxylic acids is 2. The molecule has 8 heteroatoms. The van der Waals surface area contributed by atoms with Crippen LogP contribution in [0.4, 0.5) is 0 Å². The van der Waals surface area contributed by atoms with Crippen molar-refractivity contribution in [1.82, 2.24) is 10.4 Å². The van der Waals surface area contributed by atoms with Gasteiger partial charge in [-0.25, -0.2) is 0 Å². The fourth-order valence-electron chi connectivity index (χ4n) is 2.48. The van der Waals surface area contributed by atoms with Crippen LogP contribution in [0, 0.1) is 0 Å². The van der Waals surface area contributed by atoms with E-state index in [1.807, 2.05) is 6.92 Å². The summed E-state index contributed by atoms with van der Waals surface area (Å²) >= 11 is 0. The highest BCUT2D eigenvalue weighted by molar-refractivity contribution is 6.21. The van der Waals surface area contributed by atoms with Crippen LogP contribution in [-0.4, -0.2) is 69.1 Å². The van der Waals surface area contributed by atoms with E-state index >= 15 is 0 Å². The maximum atomic E-state index is 12.3. The molecule has 0 radical (unpaired) electrons. The zero-order chi connectivity index (χ0) is 18.8. The van der Waals surface area contributed by atoms with E-state index in [2.05, 4.69) is 5.48 Å². The summed E-state index contributed by atoms with van der Waals surface area (Å²) in [5.74, 6) is -0.649. The Kier molecular flexibility index (Phi) is 8.66. The Hall–Kier alpha value is -1.84. The summed E-state index contributed by atoms with van der Waals surface area (Å²) in [7, 11) is 0. The highest BCUT2D eigenvalue weighted by Crippen LogP contribution is 2.23. The number of rotatable bonds is 13. The molecule has 26 heavy (non-hydrogen) atoms. The zero-order valence-electron chi connectivity index (χ0n) is 15.2. The third kappa shape index (κ3) is 5.58. The quantitative estimate of drug-likeness (QED) is 0.319. The first-order valence-electron chi connectivity index (χ1n) is 8.74. The Balaban J connectivity index is 1.57. The lowest BCUT2D eigenvalue weighted by atomic mass is 10.1. The third-order valence-electron chi connectivity index (χ3n) is 3.74. The Morgan fingerprint density at radius 3 is 1.92 bits per heavy atom. The highest BCUT2D eigenvalue weighted by Gasteiger charge is 2.38. The van der Waals surface area contributed by atoms with Crippen molar-refractivity contribution < 1.29 is 28.6 Å². The number of ether oxygens (including phenoxy) is 3. The van der Waals surface area contributed by atoms with Gasteiger partial charge in [0.2, 0.25) is 0 Å². The molecule has 2 amide bonds. The number of hydrogen-bond acceptors (Lipinski definition) is 7. The van der Waals surface area contributed by atoms with Gasteiger partial charge in [-0.3, -0.25) is 19.3 Å². The molecule has 1 N–H and O–H groups in total. The molecule has 1 aliphatic rings. The molecule has 0 spiro atoms. The molecule has 0 aromatic heterocycles. The lowest BCUT2D eigenvalue weighted by Crippen LogP contribution is -2.47. The van der Waals surface area contributed by atoms with Gasteiger partial charge in [-0.1, -0.05) is 12.1 Å². The number of imide groups is 1. The number of carbonyl (C=O) groups is 2. The van der Waals surface area contributed by atoms with Crippen LogP contribution in [0.25, 0.3) is 0 Å². The van der Waals surface area contributed by atoms with Crippen LogP contribution in [-0.2, 0) is 19.0 Å². The van der Waals surface area contributed by atoms with Crippen molar-refractivity contribution in [1.29, 1.82) is 0 Å². The SMILES string of the molecule is CCOCCOCCOCCONC(C)N1C(=O)c2ccccc2C1=O. The van der Waals surface area contributed by atoms with Crippen LogP contribution in [0.15, 0.2) is 24.3 Å². The molecule has 144 valence electrons. The minimum atomic E-state index is -0.579. The van der Waals surface area contributed by atoms with Gasteiger partial charge in [0.25, 0.3) is 11.8 Å². The molecule has 8 nitrogen and oxygen atoms in total. The summed E-state index contributed by atoms with van der Waals surface area (Å²) in [5, 5.41) is 0.